The fourth-order valence-electron chi connectivity index (χ4n) is 3.72. The smallest absolute Gasteiger partial charge is 0.253 e. The van der Waals surface area contributed by atoms with Crippen molar-refractivity contribution in [3.8, 4) is 0 Å². The first-order valence-electron chi connectivity index (χ1n) is 9.54. The van der Waals surface area contributed by atoms with Crippen LogP contribution in [0.15, 0.2) is 47.1 Å². The molecule has 4 rings (SSSR count). The highest BCUT2D eigenvalue weighted by Crippen LogP contribution is 2.30. The van der Waals surface area contributed by atoms with Crippen molar-refractivity contribution < 1.29 is 14.0 Å². The summed E-state index contributed by atoms with van der Waals surface area (Å²) in [4.78, 5) is 24.9. The van der Waals surface area contributed by atoms with Crippen molar-refractivity contribution in [2.45, 2.75) is 25.7 Å². The third-order valence-electron chi connectivity index (χ3n) is 5.09. The summed E-state index contributed by atoms with van der Waals surface area (Å²) in [7, 11) is 0. The third kappa shape index (κ3) is 4.44. The average molecular weight is 414 g/mol. The molecule has 0 atom stereocenters. The van der Waals surface area contributed by atoms with Gasteiger partial charge in [-0.05, 0) is 54.7 Å². The normalized spacial score (nSPS) is 12.3. The highest BCUT2D eigenvalue weighted by molar-refractivity contribution is 6.04. The zero-order chi connectivity index (χ0) is 19.5. The van der Waals surface area contributed by atoms with E-state index in [9.17, 15) is 9.59 Å². The third-order valence-corrected chi connectivity index (χ3v) is 5.09. The molecule has 0 fully saturated rings. The summed E-state index contributed by atoms with van der Waals surface area (Å²) >= 11 is 0. The molecule has 0 radical (unpaired) electrons. The standard InChI is InChI=1S/C22H23N3O3.ClH/c23-8-9-24-22(27)17-6-1-2-7-19(17)25-21(26)12-16-13-28-20-11-15-5-3-4-14(15)10-18(16)20;/h1-2,6-7,10-11,13H,3-5,8-9,12,23H2,(H,24,27)(H,25,26);1H. The van der Waals surface area contributed by atoms with Crippen LogP contribution in [0.3, 0.4) is 0 Å². The Hall–Kier alpha value is -2.83. The van der Waals surface area contributed by atoms with Crippen LogP contribution in [0.25, 0.3) is 11.0 Å². The van der Waals surface area contributed by atoms with Crippen LogP contribution in [0.5, 0.6) is 0 Å². The molecule has 6 nitrogen and oxygen atoms in total. The highest BCUT2D eigenvalue weighted by atomic mass is 35.5. The van der Waals surface area contributed by atoms with Gasteiger partial charge in [-0.25, -0.2) is 0 Å². The van der Waals surface area contributed by atoms with Gasteiger partial charge in [0.15, 0.2) is 0 Å². The van der Waals surface area contributed by atoms with Gasteiger partial charge in [0.2, 0.25) is 5.91 Å². The van der Waals surface area contributed by atoms with E-state index in [4.69, 9.17) is 10.2 Å². The van der Waals surface area contributed by atoms with E-state index < -0.39 is 0 Å². The first-order valence-corrected chi connectivity index (χ1v) is 9.54. The predicted molar refractivity (Wildman–Crippen MR) is 116 cm³/mol. The summed E-state index contributed by atoms with van der Waals surface area (Å²) in [5.74, 6) is -0.451. The Labute approximate surface area is 175 Å². The molecule has 3 aromatic rings. The van der Waals surface area contributed by atoms with Crippen molar-refractivity contribution in [2.75, 3.05) is 18.4 Å². The number of carbonyl (C=O) groups is 2. The van der Waals surface area contributed by atoms with Crippen LogP contribution in [0.4, 0.5) is 5.69 Å². The Morgan fingerprint density at radius 2 is 1.86 bits per heavy atom. The Balaban J connectivity index is 0.00000240. The van der Waals surface area contributed by atoms with Crippen LogP contribution < -0.4 is 16.4 Å². The lowest BCUT2D eigenvalue weighted by Crippen LogP contribution is -2.30. The maximum absolute atomic E-state index is 12.6. The van der Waals surface area contributed by atoms with Crippen molar-refractivity contribution in [2.24, 2.45) is 5.73 Å². The van der Waals surface area contributed by atoms with Gasteiger partial charge in [0.05, 0.1) is 23.9 Å². The van der Waals surface area contributed by atoms with Gasteiger partial charge in [-0.1, -0.05) is 12.1 Å². The molecular formula is C22H24ClN3O3. The summed E-state index contributed by atoms with van der Waals surface area (Å²) in [6.45, 7) is 0.740. The number of furan rings is 1. The lowest BCUT2D eigenvalue weighted by Gasteiger charge is -2.11. The van der Waals surface area contributed by atoms with Crippen LogP contribution in [0.2, 0.25) is 0 Å². The molecule has 1 aliphatic carbocycles. The van der Waals surface area contributed by atoms with Gasteiger partial charge in [0.1, 0.15) is 5.58 Å². The maximum atomic E-state index is 12.6. The number of para-hydroxylation sites is 1. The molecule has 2 aromatic carbocycles. The van der Waals surface area contributed by atoms with Crippen LogP contribution in [-0.4, -0.2) is 24.9 Å². The molecule has 0 saturated carbocycles. The van der Waals surface area contributed by atoms with Crippen molar-refractivity contribution in [1.29, 1.82) is 0 Å². The number of aryl methyl sites for hydroxylation is 2. The highest BCUT2D eigenvalue weighted by Gasteiger charge is 2.18. The molecule has 4 N–H and O–H groups in total. The molecule has 1 heterocycles. The van der Waals surface area contributed by atoms with E-state index >= 15 is 0 Å². The molecular weight excluding hydrogens is 390 g/mol. The van der Waals surface area contributed by atoms with Crippen molar-refractivity contribution in [3.63, 3.8) is 0 Å². The number of anilines is 1. The first kappa shape index (κ1) is 20.9. The van der Waals surface area contributed by atoms with Gasteiger partial charge in [-0.2, -0.15) is 0 Å². The molecule has 7 heteroatoms. The van der Waals surface area contributed by atoms with E-state index in [-0.39, 0.29) is 30.6 Å². The zero-order valence-corrected chi connectivity index (χ0v) is 16.8. The minimum absolute atomic E-state index is 0. The number of nitrogens with two attached hydrogens (primary N) is 1. The second-order valence-electron chi connectivity index (χ2n) is 7.05. The van der Waals surface area contributed by atoms with E-state index in [1.54, 1.807) is 30.5 Å². The van der Waals surface area contributed by atoms with Gasteiger partial charge < -0.3 is 20.8 Å². The molecule has 0 unspecified atom stereocenters. The number of nitrogens with one attached hydrogen (secondary N) is 2. The van der Waals surface area contributed by atoms with Gasteiger partial charge in [-0.15, -0.1) is 12.4 Å². The number of rotatable bonds is 6. The average Bonchev–Trinajstić information content (AvgIpc) is 3.31. The second kappa shape index (κ2) is 9.11. The molecule has 2 amide bonds. The zero-order valence-electron chi connectivity index (χ0n) is 16.0. The predicted octanol–water partition coefficient (Wildman–Crippen LogP) is 3.21. The van der Waals surface area contributed by atoms with Crippen molar-refractivity contribution in [3.05, 3.63) is 64.9 Å². The Kier molecular flexibility index (Phi) is 6.56. The Morgan fingerprint density at radius 1 is 1.10 bits per heavy atom. The largest absolute Gasteiger partial charge is 0.464 e. The van der Waals surface area contributed by atoms with E-state index in [0.717, 1.165) is 29.4 Å². The number of benzene rings is 2. The number of hydrogen-bond acceptors (Lipinski definition) is 4. The Bertz CT molecular complexity index is 1040. The number of amides is 2. The fourth-order valence-corrected chi connectivity index (χ4v) is 3.72. The lowest BCUT2D eigenvalue weighted by molar-refractivity contribution is -0.115. The van der Waals surface area contributed by atoms with Crippen LogP contribution in [0, 0.1) is 0 Å². The van der Waals surface area contributed by atoms with E-state index in [0.29, 0.717) is 24.3 Å². The quantitative estimate of drug-likeness (QED) is 0.578. The summed E-state index contributed by atoms with van der Waals surface area (Å²) in [6, 6.07) is 11.2. The van der Waals surface area contributed by atoms with Crippen molar-refractivity contribution >= 4 is 40.9 Å². The van der Waals surface area contributed by atoms with Crippen LogP contribution in [0.1, 0.15) is 33.5 Å². The molecule has 1 aliphatic rings. The Morgan fingerprint density at radius 3 is 2.66 bits per heavy atom. The minimum atomic E-state index is -0.259. The van der Waals surface area contributed by atoms with Crippen LogP contribution >= 0.6 is 12.4 Å². The van der Waals surface area contributed by atoms with Gasteiger partial charge in [0, 0.05) is 24.0 Å². The number of fused-ring (bicyclic) bond motifs is 2. The van der Waals surface area contributed by atoms with E-state index in [2.05, 4.69) is 22.8 Å². The number of hydrogen-bond donors (Lipinski definition) is 3. The molecule has 29 heavy (non-hydrogen) atoms. The maximum Gasteiger partial charge on any atom is 0.253 e. The van der Waals surface area contributed by atoms with Crippen molar-refractivity contribution in [1.82, 2.24) is 5.32 Å². The summed E-state index contributed by atoms with van der Waals surface area (Å²) < 4.78 is 5.68. The van der Waals surface area contributed by atoms with Gasteiger partial charge in [0.25, 0.3) is 5.91 Å². The first-order chi connectivity index (χ1) is 13.7. The summed E-state index contributed by atoms with van der Waals surface area (Å²) in [6.07, 6.45) is 5.17. The molecule has 0 spiro atoms. The summed E-state index contributed by atoms with van der Waals surface area (Å²) in [5, 5.41) is 6.57. The molecule has 0 saturated heterocycles. The van der Waals surface area contributed by atoms with Gasteiger partial charge >= 0.3 is 0 Å². The van der Waals surface area contributed by atoms with Gasteiger partial charge in [-0.3, -0.25) is 9.59 Å². The second-order valence-corrected chi connectivity index (χ2v) is 7.05. The molecule has 1 aromatic heterocycles. The van der Waals surface area contributed by atoms with E-state index in [1.807, 2.05) is 0 Å². The SMILES string of the molecule is Cl.NCCNC(=O)c1ccccc1NC(=O)Cc1coc2cc3c(cc12)CCC3. The summed E-state index contributed by atoms with van der Waals surface area (Å²) in [5.41, 5.74) is 10.7. The number of halogens is 1. The minimum Gasteiger partial charge on any atom is -0.464 e. The molecule has 152 valence electrons. The molecule has 0 aliphatic heterocycles. The molecule has 0 bridgehead atoms. The monoisotopic (exact) mass is 413 g/mol. The van der Waals surface area contributed by atoms with E-state index in [1.165, 1.54) is 17.5 Å². The topological polar surface area (TPSA) is 97.4 Å². The van der Waals surface area contributed by atoms with Crippen LogP contribution in [-0.2, 0) is 24.1 Å². The number of carbonyl (C=O) groups excluding carboxylic acids is 2. The fraction of sp³-hybridized carbons (Fsp3) is 0.273. The lowest BCUT2D eigenvalue weighted by atomic mass is 10.0.